The van der Waals surface area contributed by atoms with Crippen LogP contribution in [0.15, 0.2) is 54.9 Å². The number of thiophene rings is 1. The minimum atomic E-state index is -0.496. The zero-order chi connectivity index (χ0) is 22.2. The Morgan fingerprint density at radius 3 is 2.72 bits per heavy atom. The number of rotatable bonds is 4. The molecule has 160 valence electrons. The molecule has 1 aromatic carbocycles. The Kier molecular flexibility index (Phi) is 5.19. The number of hydrogen-bond donors (Lipinski definition) is 2. The van der Waals surface area contributed by atoms with E-state index in [4.69, 9.17) is 10.7 Å². The standard InChI is InChI=1S/C25H22N4O2S/c1-14-6-7-17-21(12-14)32-25(22(17)23(26)30)29-24(31)18-13-20(15-8-10-27-11-9-15)28-19-5-3-2-4-16(18)19/h2-5,8-11,13-14H,6-7,12H2,1H3,(H2,26,30)(H,29,31)/t14-/m0/s1. The number of pyridine rings is 2. The number of aromatic nitrogens is 2. The van der Waals surface area contributed by atoms with Crippen LogP contribution in [0.4, 0.5) is 5.00 Å². The number of carbonyl (C=O) groups excluding carboxylic acids is 2. The molecule has 0 unspecified atom stereocenters. The van der Waals surface area contributed by atoms with E-state index in [0.29, 0.717) is 27.7 Å². The molecular formula is C25H22N4O2S. The van der Waals surface area contributed by atoms with E-state index in [1.54, 1.807) is 18.5 Å². The summed E-state index contributed by atoms with van der Waals surface area (Å²) in [6.45, 7) is 2.20. The van der Waals surface area contributed by atoms with Crippen molar-refractivity contribution < 1.29 is 9.59 Å². The summed E-state index contributed by atoms with van der Waals surface area (Å²) in [5.41, 5.74) is 9.95. The SMILES string of the molecule is C[C@H]1CCc2c(sc(NC(=O)c3cc(-c4ccncc4)nc4ccccc34)c2C(N)=O)C1. The first kappa shape index (κ1) is 20.3. The second-order valence-corrected chi connectivity index (χ2v) is 9.29. The van der Waals surface area contributed by atoms with Crippen LogP contribution in [0.1, 0.15) is 44.5 Å². The van der Waals surface area contributed by atoms with Gasteiger partial charge in [0, 0.05) is 28.2 Å². The van der Waals surface area contributed by atoms with Crippen molar-refractivity contribution >= 4 is 39.1 Å². The molecule has 3 heterocycles. The number of para-hydroxylation sites is 1. The van der Waals surface area contributed by atoms with Gasteiger partial charge in [-0.25, -0.2) is 4.98 Å². The highest BCUT2D eigenvalue weighted by atomic mass is 32.1. The molecule has 3 N–H and O–H groups in total. The third-order valence-corrected chi connectivity index (χ3v) is 7.09. The largest absolute Gasteiger partial charge is 0.365 e. The molecule has 5 rings (SSSR count). The molecule has 1 atom stereocenters. The van der Waals surface area contributed by atoms with E-state index in [9.17, 15) is 9.59 Å². The van der Waals surface area contributed by atoms with Crippen molar-refractivity contribution in [2.75, 3.05) is 5.32 Å². The maximum atomic E-state index is 13.5. The second kappa shape index (κ2) is 8.16. The number of primary amides is 1. The van der Waals surface area contributed by atoms with Crippen molar-refractivity contribution in [3.8, 4) is 11.3 Å². The molecule has 7 heteroatoms. The van der Waals surface area contributed by atoms with Crippen LogP contribution in [0.3, 0.4) is 0 Å². The van der Waals surface area contributed by atoms with E-state index in [0.717, 1.165) is 46.2 Å². The molecule has 1 aliphatic carbocycles. The number of benzene rings is 1. The summed E-state index contributed by atoms with van der Waals surface area (Å²) in [6, 6.07) is 13.0. The van der Waals surface area contributed by atoms with Gasteiger partial charge in [-0.05, 0) is 55.0 Å². The van der Waals surface area contributed by atoms with Crippen LogP contribution in [0.25, 0.3) is 22.2 Å². The minimum Gasteiger partial charge on any atom is -0.365 e. The average molecular weight is 443 g/mol. The number of carbonyl (C=O) groups is 2. The summed E-state index contributed by atoms with van der Waals surface area (Å²) in [7, 11) is 0. The number of hydrogen-bond acceptors (Lipinski definition) is 5. The van der Waals surface area contributed by atoms with Gasteiger partial charge in [-0.1, -0.05) is 25.1 Å². The Morgan fingerprint density at radius 2 is 1.94 bits per heavy atom. The van der Waals surface area contributed by atoms with Crippen LogP contribution in [-0.2, 0) is 12.8 Å². The van der Waals surface area contributed by atoms with Gasteiger partial charge in [0.2, 0.25) is 0 Å². The van der Waals surface area contributed by atoms with Crippen LogP contribution in [-0.4, -0.2) is 21.8 Å². The lowest BCUT2D eigenvalue weighted by Crippen LogP contribution is -2.19. The fourth-order valence-corrected chi connectivity index (χ4v) is 5.71. The lowest BCUT2D eigenvalue weighted by molar-refractivity contribution is 0.1000. The molecule has 2 amide bonds. The molecule has 0 fully saturated rings. The highest BCUT2D eigenvalue weighted by Gasteiger charge is 2.27. The average Bonchev–Trinajstić information content (AvgIpc) is 3.15. The van der Waals surface area contributed by atoms with Crippen LogP contribution < -0.4 is 11.1 Å². The second-order valence-electron chi connectivity index (χ2n) is 8.18. The molecule has 32 heavy (non-hydrogen) atoms. The van der Waals surface area contributed by atoms with Crippen LogP contribution in [0.2, 0.25) is 0 Å². The summed E-state index contributed by atoms with van der Waals surface area (Å²) >= 11 is 1.47. The van der Waals surface area contributed by atoms with Crippen molar-refractivity contribution in [3.63, 3.8) is 0 Å². The fraction of sp³-hybridized carbons (Fsp3) is 0.200. The predicted octanol–water partition coefficient (Wildman–Crippen LogP) is 4.83. The molecule has 0 radical (unpaired) electrons. The summed E-state index contributed by atoms with van der Waals surface area (Å²) in [5.74, 6) is -0.227. The smallest absolute Gasteiger partial charge is 0.257 e. The maximum Gasteiger partial charge on any atom is 0.257 e. The van der Waals surface area contributed by atoms with Gasteiger partial charge in [0.05, 0.1) is 22.3 Å². The topological polar surface area (TPSA) is 98.0 Å². The minimum absolute atomic E-state index is 0.284. The van der Waals surface area contributed by atoms with Crippen molar-refractivity contribution in [2.45, 2.75) is 26.2 Å². The summed E-state index contributed by atoms with van der Waals surface area (Å²) in [6.07, 6.45) is 6.12. The lowest BCUT2D eigenvalue weighted by atomic mass is 9.88. The molecular weight excluding hydrogens is 420 g/mol. The van der Waals surface area contributed by atoms with Crippen LogP contribution >= 0.6 is 11.3 Å². The van der Waals surface area contributed by atoms with Gasteiger partial charge in [-0.15, -0.1) is 11.3 Å². The molecule has 0 aliphatic heterocycles. The van der Waals surface area contributed by atoms with E-state index in [2.05, 4.69) is 17.2 Å². The molecule has 0 saturated carbocycles. The summed E-state index contributed by atoms with van der Waals surface area (Å²) in [4.78, 5) is 35.7. The molecule has 0 saturated heterocycles. The van der Waals surface area contributed by atoms with Crippen LogP contribution in [0, 0.1) is 5.92 Å². The van der Waals surface area contributed by atoms with Gasteiger partial charge in [0.15, 0.2) is 0 Å². The van der Waals surface area contributed by atoms with Gasteiger partial charge in [-0.2, -0.15) is 0 Å². The third-order valence-electron chi connectivity index (χ3n) is 5.92. The monoisotopic (exact) mass is 442 g/mol. The van der Waals surface area contributed by atoms with E-state index < -0.39 is 5.91 Å². The highest BCUT2D eigenvalue weighted by Crippen LogP contribution is 2.40. The van der Waals surface area contributed by atoms with Gasteiger partial charge in [0.25, 0.3) is 11.8 Å². The van der Waals surface area contributed by atoms with Crippen molar-refractivity contribution in [2.24, 2.45) is 11.7 Å². The van der Waals surface area contributed by atoms with Gasteiger partial charge in [-0.3, -0.25) is 14.6 Å². The first-order chi connectivity index (χ1) is 15.5. The van der Waals surface area contributed by atoms with Crippen molar-refractivity contribution in [1.29, 1.82) is 0 Å². The Balaban J connectivity index is 1.58. The van der Waals surface area contributed by atoms with Crippen molar-refractivity contribution in [3.05, 3.63) is 76.4 Å². The molecule has 0 bridgehead atoms. The van der Waals surface area contributed by atoms with E-state index >= 15 is 0 Å². The van der Waals surface area contributed by atoms with Gasteiger partial charge in [0.1, 0.15) is 5.00 Å². The number of nitrogens with zero attached hydrogens (tertiary/aromatic N) is 2. The Labute approximate surface area is 189 Å². The Morgan fingerprint density at radius 1 is 1.16 bits per heavy atom. The molecule has 1 aliphatic rings. The predicted molar refractivity (Wildman–Crippen MR) is 127 cm³/mol. The molecule has 4 aromatic rings. The summed E-state index contributed by atoms with van der Waals surface area (Å²) < 4.78 is 0. The van der Waals surface area contributed by atoms with E-state index in [1.165, 1.54) is 11.3 Å². The first-order valence-electron chi connectivity index (χ1n) is 10.6. The number of amides is 2. The number of nitrogens with two attached hydrogens (primary N) is 1. The highest BCUT2D eigenvalue weighted by molar-refractivity contribution is 7.17. The normalized spacial score (nSPS) is 15.3. The zero-order valence-electron chi connectivity index (χ0n) is 17.6. The lowest BCUT2D eigenvalue weighted by Gasteiger charge is -2.18. The van der Waals surface area contributed by atoms with Gasteiger partial charge < -0.3 is 11.1 Å². The maximum absolute atomic E-state index is 13.5. The Hall–Kier alpha value is -3.58. The summed E-state index contributed by atoms with van der Waals surface area (Å²) in [5, 5.41) is 4.27. The number of anilines is 1. The first-order valence-corrected chi connectivity index (χ1v) is 11.4. The van der Waals surface area contributed by atoms with E-state index in [1.807, 2.05) is 36.4 Å². The van der Waals surface area contributed by atoms with Crippen LogP contribution in [0.5, 0.6) is 0 Å². The molecule has 6 nitrogen and oxygen atoms in total. The Bertz CT molecular complexity index is 1350. The third kappa shape index (κ3) is 3.65. The molecule has 3 aromatic heterocycles. The van der Waals surface area contributed by atoms with Crippen molar-refractivity contribution in [1.82, 2.24) is 9.97 Å². The van der Waals surface area contributed by atoms with Gasteiger partial charge >= 0.3 is 0 Å². The quantitative estimate of drug-likeness (QED) is 0.473. The fourth-order valence-electron chi connectivity index (χ4n) is 4.30. The molecule has 0 spiro atoms. The van der Waals surface area contributed by atoms with E-state index in [-0.39, 0.29) is 5.91 Å². The number of fused-ring (bicyclic) bond motifs is 2. The zero-order valence-corrected chi connectivity index (χ0v) is 18.4. The number of nitrogens with one attached hydrogen (secondary N) is 1.